The van der Waals surface area contributed by atoms with Gasteiger partial charge in [0.1, 0.15) is 0 Å². The zero-order chi connectivity index (χ0) is 13.2. The molecule has 1 rings (SSSR count). The Morgan fingerprint density at radius 3 is 2.41 bits per heavy atom. The number of hydrogen-bond acceptors (Lipinski definition) is 2. The molecule has 1 aliphatic rings. The summed E-state index contributed by atoms with van der Waals surface area (Å²) in [5, 5.41) is 0. The summed E-state index contributed by atoms with van der Waals surface area (Å²) in [6.07, 6.45) is -3.37. The van der Waals surface area contributed by atoms with Gasteiger partial charge in [-0.3, -0.25) is 4.79 Å². The van der Waals surface area contributed by atoms with Gasteiger partial charge < -0.3 is 10.6 Å². The van der Waals surface area contributed by atoms with Crippen molar-refractivity contribution in [1.29, 1.82) is 0 Å². The van der Waals surface area contributed by atoms with E-state index in [2.05, 4.69) is 0 Å². The van der Waals surface area contributed by atoms with Gasteiger partial charge in [-0.1, -0.05) is 19.9 Å². The van der Waals surface area contributed by atoms with Crippen LogP contribution in [0, 0.1) is 5.92 Å². The third-order valence-corrected chi connectivity index (χ3v) is 2.89. The van der Waals surface area contributed by atoms with Gasteiger partial charge in [-0.05, 0) is 12.3 Å². The first-order valence-corrected chi connectivity index (χ1v) is 5.54. The third kappa shape index (κ3) is 3.46. The van der Waals surface area contributed by atoms with Gasteiger partial charge in [-0.2, -0.15) is 13.2 Å². The molecule has 0 unspecified atom stereocenters. The van der Waals surface area contributed by atoms with Crippen molar-refractivity contribution in [2.75, 3.05) is 13.1 Å². The maximum atomic E-state index is 12.4. The number of nitrogens with two attached hydrogens (primary N) is 1. The molecule has 0 aromatic rings. The topological polar surface area (TPSA) is 46.3 Å². The maximum Gasteiger partial charge on any atom is 0.412 e. The fourth-order valence-corrected chi connectivity index (χ4v) is 1.62. The molecule has 0 saturated heterocycles. The van der Waals surface area contributed by atoms with Gasteiger partial charge in [0.15, 0.2) is 0 Å². The Kier molecular flexibility index (Phi) is 4.19. The summed E-state index contributed by atoms with van der Waals surface area (Å²) in [7, 11) is 0. The van der Waals surface area contributed by atoms with E-state index < -0.39 is 17.8 Å². The first kappa shape index (κ1) is 14.0. The van der Waals surface area contributed by atoms with E-state index in [0.29, 0.717) is 0 Å². The van der Waals surface area contributed by atoms with Crippen molar-refractivity contribution in [3.05, 3.63) is 11.6 Å². The largest absolute Gasteiger partial charge is 0.412 e. The first-order chi connectivity index (χ1) is 7.73. The minimum atomic E-state index is -4.28. The van der Waals surface area contributed by atoms with Gasteiger partial charge in [0, 0.05) is 18.7 Å². The zero-order valence-electron chi connectivity index (χ0n) is 9.92. The molecule has 6 heteroatoms. The van der Waals surface area contributed by atoms with E-state index in [1.54, 1.807) is 0 Å². The summed E-state index contributed by atoms with van der Waals surface area (Å²) in [6, 6.07) is -0.643. The number of carbonyl (C=O) groups excluding carboxylic acids is 1. The highest BCUT2D eigenvalue weighted by Crippen LogP contribution is 2.30. The molecule has 1 amide bonds. The molecule has 0 spiro atoms. The Bertz CT molecular complexity index is 323. The Morgan fingerprint density at radius 1 is 1.47 bits per heavy atom. The average molecular weight is 250 g/mol. The van der Waals surface area contributed by atoms with Crippen LogP contribution in [0.3, 0.4) is 0 Å². The number of nitrogens with zero attached hydrogens (tertiary/aromatic N) is 1. The van der Waals surface area contributed by atoms with Crippen molar-refractivity contribution < 1.29 is 18.0 Å². The van der Waals surface area contributed by atoms with Crippen LogP contribution in [-0.4, -0.2) is 36.1 Å². The maximum absolute atomic E-state index is 12.4. The summed E-state index contributed by atoms with van der Waals surface area (Å²) in [6.45, 7) is 3.70. The Hall–Kier alpha value is -1.04. The lowest BCUT2D eigenvalue weighted by Gasteiger charge is -2.30. The Balaban J connectivity index is 2.64. The molecule has 1 atom stereocenters. The zero-order valence-corrected chi connectivity index (χ0v) is 9.92. The predicted octanol–water partition coefficient (Wildman–Crippen LogP) is 1.69. The second kappa shape index (κ2) is 5.08. The van der Waals surface area contributed by atoms with Gasteiger partial charge in [0.05, 0.1) is 6.04 Å². The van der Waals surface area contributed by atoms with Crippen LogP contribution < -0.4 is 5.73 Å². The van der Waals surface area contributed by atoms with Crippen LogP contribution in [0.1, 0.15) is 20.3 Å². The third-order valence-electron chi connectivity index (χ3n) is 2.89. The normalized spacial score (nSPS) is 19.2. The van der Waals surface area contributed by atoms with Crippen molar-refractivity contribution in [3.8, 4) is 0 Å². The summed E-state index contributed by atoms with van der Waals surface area (Å²) < 4.78 is 37.1. The average Bonchev–Trinajstić information content (AvgIpc) is 2.26. The molecule has 0 bridgehead atoms. The smallest absolute Gasteiger partial charge is 0.337 e. The molecule has 2 N–H and O–H groups in total. The van der Waals surface area contributed by atoms with Crippen molar-refractivity contribution >= 4 is 5.91 Å². The van der Waals surface area contributed by atoms with Gasteiger partial charge in [-0.15, -0.1) is 0 Å². The molecule has 0 aliphatic carbocycles. The highest BCUT2D eigenvalue weighted by Gasteiger charge is 2.36. The highest BCUT2D eigenvalue weighted by molar-refractivity contribution is 5.82. The lowest BCUT2D eigenvalue weighted by Crippen LogP contribution is -2.48. The molecule has 98 valence electrons. The van der Waals surface area contributed by atoms with Crippen molar-refractivity contribution in [1.82, 2.24) is 4.90 Å². The first-order valence-electron chi connectivity index (χ1n) is 5.54. The van der Waals surface area contributed by atoms with E-state index >= 15 is 0 Å². The number of halogens is 3. The van der Waals surface area contributed by atoms with Gasteiger partial charge in [0.2, 0.25) is 5.91 Å². The predicted molar refractivity (Wildman–Crippen MR) is 58.1 cm³/mol. The Labute approximate surface area is 98.5 Å². The molecule has 0 radical (unpaired) electrons. The van der Waals surface area contributed by atoms with Crippen LogP contribution in [0.4, 0.5) is 13.2 Å². The van der Waals surface area contributed by atoms with Crippen molar-refractivity contribution in [2.45, 2.75) is 32.5 Å². The molecule has 3 nitrogen and oxygen atoms in total. The minimum absolute atomic E-state index is 0.00586. The summed E-state index contributed by atoms with van der Waals surface area (Å²) in [5.41, 5.74) is 5.12. The van der Waals surface area contributed by atoms with Crippen LogP contribution in [0.2, 0.25) is 0 Å². The summed E-state index contributed by atoms with van der Waals surface area (Å²) in [4.78, 5) is 13.2. The van der Waals surface area contributed by atoms with Gasteiger partial charge in [0.25, 0.3) is 0 Å². The van der Waals surface area contributed by atoms with E-state index in [9.17, 15) is 18.0 Å². The summed E-state index contributed by atoms with van der Waals surface area (Å²) in [5.74, 6) is -0.298. The molecule has 0 fully saturated rings. The standard InChI is InChI=1S/C11H17F3N2O/c1-7(2)9(15)10(17)16-5-3-8(4-6-16)11(12,13)14/h3,7,9H,4-6,15H2,1-2H3/t9-/m0/s1. The van der Waals surface area contributed by atoms with Crippen LogP contribution in [0.5, 0.6) is 0 Å². The number of rotatable bonds is 2. The van der Waals surface area contributed by atoms with E-state index in [1.807, 2.05) is 13.8 Å². The molecule has 0 aromatic carbocycles. The fourth-order valence-electron chi connectivity index (χ4n) is 1.62. The van der Waals surface area contributed by atoms with E-state index in [-0.39, 0.29) is 31.3 Å². The molecule has 17 heavy (non-hydrogen) atoms. The minimum Gasteiger partial charge on any atom is -0.337 e. The molecule has 1 heterocycles. The number of amides is 1. The number of hydrogen-bond donors (Lipinski definition) is 1. The molecular weight excluding hydrogens is 233 g/mol. The van der Waals surface area contributed by atoms with Crippen LogP contribution in [0.25, 0.3) is 0 Å². The van der Waals surface area contributed by atoms with E-state index in [1.165, 1.54) is 4.90 Å². The lowest BCUT2D eigenvalue weighted by molar-refractivity contribution is -0.134. The fraction of sp³-hybridized carbons (Fsp3) is 0.727. The number of alkyl halides is 3. The van der Waals surface area contributed by atoms with Crippen molar-refractivity contribution in [3.63, 3.8) is 0 Å². The molecule has 0 saturated carbocycles. The highest BCUT2D eigenvalue weighted by atomic mass is 19.4. The lowest BCUT2D eigenvalue weighted by atomic mass is 10.0. The Morgan fingerprint density at radius 2 is 2.06 bits per heavy atom. The SMILES string of the molecule is CC(C)[C@H](N)C(=O)N1CC=C(C(F)(F)F)CC1. The quantitative estimate of drug-likeness (QED) is 0.758. The molecule has 0 aromatic heterocycles. The monoisotopic (exact) mass is 250 g/mol. The second-order valence-corrected chi connectivity index (χ2v) is 4.53. The van der Waals surface area contributed by atoms with Crippen molar-refractivity contribution in [2.24, 2.45) is 11.7 Å². The van der Waals surface area contributed by atoms with Gasteiger partial charge >= 0.3 is 6.18 Å². The van der Waals surface area contributed by atoms with Crippen LogP contribution in [-0.2, 0) is 4.79 Å². The molecular formula is C11H17F3N2O. The van der Waals surface area contributed by atoms with E-state index in [4.69, 9.17) is 5.73 Å². The second-order valence-electron chi connectivity index (χ2n) is 4.53. The van der Waals surface area contributed by atoms with Gasteiger partial charge in [-0.25, -0.2) is 0 Å². The summed E-state index contributed by atoms with van der Waals surface area (Å²) >= 11 is 0. The van der Waals surface area contributed by atoms with E-state index in [0.717, 1.165) is 6.08 Å². The molecule has 1 aliphatic heterocycles. The number of carbonyl (C=O) groups is 1. The van der Waals surface area contributed by atoms with Crippen LogP contribution >= 0.6 is 0 Å². The van der Waals surface area contributed by atoms with Crippen LogP contribution in [0.15, 0.2) is 11.6 Å².